The summed E-state index contributed by atoms with van der Waals surface area (Å²) in [5, 5.41) is 10.0. The molecule has 2 heterocycles. The third kappa shape index (κ3) is 5.93. The summed E-state index contributed by atoms with van der Waals surface area (Å²) in [7, 11) is 0. The lowest BCUT2D eigenvalue weighted by molar-refractivity contribution is -0.140. The van der Waals surface area contributed by atoms with Gasteiger partial charge >= 0.3 is 0 Å². The van der Waals surface area contributed by atoms with Gasteiger partial charge in [-0.05, 0) is 42.0 Å². The lowest BCUT2D eigenvalue weighted by Crippen LogP contribution is -2.50. The van der Waals surface area contributed by atoms with Crippen molar-refractivity contribution in [3.05, 3.63) is 54.4 Å². The highest BCUT2D eigenvalue weighted by Crippen LogP contribution is 2.19. The number of nitrogens with two attached hydrogens (primary N) is 1. The number of hydrogen-bond acceptors (Lipinski definition) is 9. The fourth-order valence-electron chi connectivity index (χ4n) is 3.51. The molecule has 1 aliphatic rings. The summed E-state index contributed by atoms with van der Waals surface area (Å²) < 4.78 is 10.8. The predicted octanol–water partition coefficient (Wildman–Crippen LogP) is 1.18. The summed E-state index contributed by atoms with van der Waals surface area (Å²) in [6.45, 7) is 1.88. The molecule has 0 bridgehead atoms. The molecule has 1 aromatic heterocycles. The highest BCUT2D eigenvalue weighted by molar-refractivity contribution is 5.88. The number of phenols is 1. The van der Waals surface area contributed by atoms with E-state index in [-0.39, 0.29) is 43.9 Å². The number of hydrogen-bond donors (Lipinski definition) is 2. The second-order valence-corrected chi connectivity index (χ2v) is 7.78. The number of nitrogens with zero attached hydrogens (tertiary/aromatic N) is 4. The number of benzene rings is 2. The van der Waals surface area contributed by atoms with Crippen molar-refractivity contribution in [2.24, 2.45) is 0 Å². The third-order valence-electron chi connectivity index (χ3n) is 5.28. The van der Waals surface area contributed by atoms with Gasteiger partial charge in [-0.2, -0.15) is 0 Å². The van der Waals surface area contributed by atoms with Gasteiger partial charge in [0.05, 0.1) is 12.1 Å². The Morgan fingerprint density at radius 1 is 1.09 bits per heavy atom. The van der Waals surface area contributed by atoms with E-state index >= 15 is 0 Å². The maximum absolute atomic E-state index is 12.6. The van der Waals surface area contributed by atoms with Crippen LogP contribution in [0.4, 0.5) is 5.82 Å². The van der Waals surface area contributed by atoms with Crippen LogP contribution in [0.1, 0.15) is 5.56 Å². The maximum atomic E-state index is 12.6. The Bertz CT molecular complexity index is 1140. The van der Waals surface area contributed by atoms with Crippen molar-refractivity contribution in [1.82, 2.24) is 19.8 Å². The molecule has 10 nitrogen and oxygen atoms in total. The van der Waals surface area contributed by atoms with Crippen LogP contribution in [-0.4, -0.2) is 76.1 Å². The van der Waals surface area contributed by atoms with E-state index in [4.69, 9.17) is 15.2 Å². The van der Waals surface area contributed by atoms with E-state index in [0.717, 1.165) is 16.5 Å². The number of carbonyl (C=O) groups excluding carboxylic acids is 2. The number of phenolic OH excluding ortho intramolecular Hbond substituents is 1. The number of amides is 1. The second kappa shape index (κ2) is 10.2. The molecule has 1 amide bonds. The summed E-state index contributed by atoms with van der Waals surface area (Å²) in [4.78, 5) is 36.4. The number of piperazine rings is 1. The van der Waals surface area contributed by atoms with Gasteiger partial charge in [-0.1, -0.05) is 6.07 Å². The minimum Gasteiger partial charge on any atom is -0.508 e. The van der Waals surface area contributed by atoms with Gasteiger partial charge in [0.2, 0.25) is 5.91 Å². The Balaban J connectivity index is 1.19. The molecule has 0 atom stereocenters. The first kappa shape index (κ1) is 22.4. The fourth-order valence-corrected chi connectivity index (χ4v) is 3.51. The Morgan fingerprint density at radius 2 is 1.91 bits per heavy atom. The van der Waals surface area contributed by atoms with Crippen molar-refractivity contribution < 1.29 is 24.2 Å². The topological polar surface area (TPSA) is 131 Å². The summed E-state index contributed by atoms with van der Waals surface area (Å²) in [6, 6.07) is 11.8. The SMILES string of the molecule is Nc1ncnc2cc(CN3CCN(COCC(=O)COc4ccc(O)cc4)CC3=O)ccc12. The van der Waals surface area contributed by atoms with Crippen LogP contribution in [0.2, 0.25) is 0 Å². The van der Waals surface area contributed by atoms with E-state index in [1.54, 1.807) is 17.0 Å². The summed E-state index contributed by atoms with van der Waals surface area (Å²) in [5.74, 6) is 0.832. The molecular formula is C23H25N5O5. The predicted molar refractivity (Wildman–Crippen MR) is 120 cm³/mol. The van der Waals surface area contributed by atoms with Crippen LogP contribution in [0.15, 0.2) is 48.8 Å². The first-order valence-corrected chi connectivity index (χ1v) is 10.5. The second-order valence-electron chi connectivity index (χ2n) is 7.78. The van der Waals surface area contributed by atoms with E-state index in [0.29, 0.717) is 31.2 Å². The van der Waals surface area contributed by atoms with Gasteiger partial charge < -0.3 is 25.2 Å². The smallest absolute Gasteiger partial charge is 0.237 e. The largest absolute Gasteiger partial charge is 0.508 e. The number of aromatic nitrogens is 2. The lowest BCUT2D eigenvalue weighted by Gasteiger charge is -2.34. The molecule has 0 saturated carbocycles. The Labute approximate surface area is 190 Å². The molecule has 1 saturated heterocycles. The van der Waals surface area contributed by atoms with Crippen LogP contribution in [0, 0.1) is 0 Å². The molecule has 172 valence electrons. The number of aromatic hydroxyl groups is 1. The normalized spacial score (nSPS) is 14.5. The number of ether oxygens (including phenoxy) is 2. The minimum absolute atomic E-state index is 0.00543. The van der Waals surface area contributed by atoms with E-state index in [9.17, 15) is 14.7 Å². The van der Waals surface area contributed by atoms with Crippen molar-refractivity contribution in [3.63, 3.8) is 0 Å². The standard InChI is InChI=1S/C23H25N5O5/c24-23-20-6-1-16(9-21(20)25-14-26-23)10-28-8-7-27(11-22(28)31)15-32-12-18(30)13-33-19-4-2-17(29)3-5-19/h1-6,9,14,29H,7-8,10-13,15H2,(H2,24,25,26). The molecule has 3 N–H and O–H groups in total. The number of fused-ring (bicyclic) bond motifs is 1. The molecule has 1 aliphatic heterocycles. The summed E-state index contributed by atoms with van der Waals surface area (Å²) in [6.07, 6.45) is 1.43. The third-order valence-corrected chi connectivity index (χ3v) is 5.28. The molecule has 33 heavy (non-hydrogen) atoms. The van der Waals surface area contributed by atoms with Crippen molar-refractivity contribution in [2.45, 2.75) is 6.54 Å². The molecule has 0 spiro atoms. The van der Waals surface area contributed by atoms with Crippen LogP contribution in [-0.2, 0) is 20.9 Å². The highest BCUT2D eigenvalue weighted by atomic mass is 16.5. The monoisotopic (exact) mass is 451 g/mol. The molecule has 0 unspecified atom stereocenters. The molecule has 10 heteroatoms. The van der Waals surface area contributed by atoms with E-state index in [1.165, 1.54) is 18.5 Å². The van der Waals surface area contributed by atoms with Crippen molar-refractivity contribution in [1.29, 1.82) is 0 Å². The minimum atomic E-state index is -0.214. The fraction of sp³-hybridized carbons (Fsp3) is 0.304. The number of anilines is 1. The zero-order chi connectivity index (χ0) is 23.2. The van der Waals surface area contributed by atoms with Gasteiger partial charge in [-0.3, -0.25) is 14.5 Å². The number of rotatable bonds is 9. The average Bonchev–Trinajstić information content (AvgIpc) is 2.80. The molecule has 2 aromatic carbocycles. The van der Waals surface area contributed by atoms with Crippen LogP contribution in [0.25, 0.3) is 10.9 Å². The molecule has 4 rings (SSSR count). The van der Waals surface area contributed by atoms with Crippen LogP contribution >= 0.6 is 0 Å². The molecular weight excluding hydrogens is 426 g/mol. The molecule has 0 aliphatic carbocycles. The molecule has 1 fully saturated rings. The number of Topliss-reactive ketones (excluding diaryl/α,β-unsaturated/α-hetero) is 1. The van der Waals surface area contributed by atoms with E-state index in [1.807, 2.05) is 23.1 Å². The van der Waals surface area contributed by atoms with Crippen molar-refractivity contribution >= 4 is 28.4 Å². The zero-order valence-electron chi connectivity index (χ0n) is 18.0. The van der Waals surface area contributed by atoms with Crippen LogP contribution in [0.5, 0.6) is 11.5 Å². The van der Waals surface area contributed by atoms with Gasteiger partial charge in [-0.15, -0.1) is 0 Å². The zero-order valence-corrected chi connectivity index (χ0v) is 18.0. The Hall–Kier alpha value is -3.76. The Kier molecular flexibility index (Phi) is 6.96. The quantitative estimate of drug-likeness (QED) is 0.492. The Morgan fingerprint density at radius 3 is 2.70 bits per heavy atom. The number of carbonyl (C=O) groups is 2. The van der Waals surface area contributed by atoms with Gasteiger partial charge in [-0.25, -0.2) is 9.97 Å². The molecule has 0 radical (unpaired) electrons. The highest BCUT2D eigenvalue weighted by Gasteiger charge is 2.24. The van der Waals surface area contributed by atoms with Gasteiger partial charge in [0, 0.05) is 25.0 Å². The summed E-state index contributed by atoms with van der Waals surface area (Å²) >= 11 is 0. The number of ketones is 1. The first-order valence-electron chi connectivity index (χ1n) is 10.5. The van der Waals surface area contributed by atoms with Crippen LogP contribution < -0.4 is 10.5 Å². The lowest BCUT2D eigenvalue weighted by atomic mass is 10.1. The number of nitrogen functional groups attached to an aromatic ring is 1. The van der Waals surface area contributed by atoms with Gasteiger partial charge in [0.15, 0.2) is 5.78 Å². The van der Waals surface area contributed by atoms with E-state index < -0.39 is 0 Å². The van der Waals surface area contributed by atoms with Crippen molar-refractivity contribution in [3.8, 4) is 11.5 Å². The van der Waals surface area contributed by atoms with Gasteiger partial charge in [0.25, 0.3) is 0 Å². The maximum Gasteiger partial charge on any atom is 0.237 e. The van der Waals surface area contributed by atoms with Gasteiger partial charge in [0.1, 0.15) is 43.6 Å². The average molecular weight is 451 g/mol. The van der Waals surface area contributed by atoms with Crippen molar-refractivity contribution in [2.75, 3.05) is 45.3 Å². The first-order chi connectivity index (χ1) is 16.0. The summed E-state index contributed by atoms with van der Waals surface area (Å²) in [5.41, 5.74) is 7.58. The van der Waals surface area contributed by atoms with Crippen LogP contribution in [0.3, 0.4) is 0 Å². The molecule has 3 aromatic rings. The van der Waals surface area contributed by atoms with E-state index in [2.05, 4.69) is 9.97 Å².